The topological polar surface area (TPSA) is 82.6 Å². The maximum Gasteiger partial charge on any atom is 0.272 e. The van der Waals surface area contributed by atoms with E-state index in [0.29, 0.717) is 12.2 Å². The summed E-state index contributed by atoms with van der Waals surface area (Å²) in [5.74, 6) is -0.0853. The van der Waals surface area contributed by atoms with E-state index < -0.39 is 0 Å². The Kier molecular flexibility index (Phi) is 4.21. The highest BCUT2D eigenvalue weighted by molar-refractivity contribution is 5.94. The Morgan fingerprint density at radius 3 is 2.78 bits per heavy atom. The number of carbonyl (C=O) groups is 1. The first-order valence-electron chi connectivity index (χ1n) is 10.7. The van der Waals surface area contributed by atoms with Gasteiger partial charge in [0.25, 0.3) is 5.91 Å². The van der Waals surface area contributed by atoms with Gasteiger partial charge in [0.2, 0.25) is 0 Å². The van der Waals surface area contributed by atoms with Gasteiger partial charge in [0.05, 0.1) is 11.4 Å². The largest absolute Gasteiger partial charge is 0.356 e. The zero-order chi connectivity index (χ0) is 21.7. The molecule has 5 aromatic rings. The van der Waals surface area contributed by atoms with Crippen molar-refractivity contribution in [3.8, 4) is 11.4 Å². The van der Waals surface area contributed by atoms with Crippen LogP contribution in [0.15, 0.2) is 73.1 Å². The quantitative estimate of drug-likeness (QED) is 0.460. The zero-order valence-electron chi connectivity index (χ0n) is 17.6. The van der Waals surface area contributed by atoms with Gasteiger partial charge >= 0.3 is 0 Å². The Morgan fingerprint density at radius 2 is 1.97 bits per heavy atom. The van der Waals surface area contributed by atoms with E-state index in [2.05, 4.69) is 38.4 Å². The molecule has 1 atom stereocenters. The van der Waals surface area contributed by atoms with Crippen molar-refractivity contribution >= 4 is 16.8 Å². The van der Waals surface area contributed by atoms with Crippen molar-refractivity contribution in [2.24, 2.45) is 7.05 Å². The number of rotatable bonds is 3. The molecule has 1 aromatic carbocycles. The molecule has 158 valence electrons. The number of hydrogen-bond acceptors (Lipinski definition) is 3. The van der Waals surface area contributed by atoms with Crippen LogP contribution in [-0.4, -0.2) is 42.1 Å². The number of fused-ring (bicyclic) bond motifs is 3. The van der Waals surface area contributed by atoms with Gasteiger partial charge in [0.15, 0.2) is 0 Å². The van der Waals surface area contributed by atoms with E-state index in [9.17, 15) is 4.79 Å². The molecule has 5 heterocycles. The summed E-state index contributed by atoms with van der Waals surface area (Å²) in [7, 11) is 1.96. The number of amides is 1. The number of aromatic amines is 2. The molecule has 4 aromatic heterocycles. The number of carbonyl (C=O) groups excluding carboxylic acids is 1. The molecule has 7 heteroatoms. The Balaban J connectivity index is 1.43. The van der Waals surface area contributed by atoms with E-state index >= 15 is 0 Å². The summed E-state index contributed by atoms with van der Waals surface area (Å²) in [5, 5.41) is 8.56. The summed E-state index contributed by atoms with van der Waals surface area (Å²) in [4.78, 5) is 23.8. The summed E-state index contributed by atoms with van der Waals surface area (Å²) < 4.78 is 1.98. The van der Waals surface area contributed by atoms with Gasteiger partial charge < -0.3 is 14.5 Å². The lowest BCUT2D eigenvalue weighted by molar-refractivity contribution is 0.0682. The number of nitrogens with one attached hydrogen (secondary N) is 2. The van der Waals surface area contributed by atoms with Crippen LogP contribution in [0.4, 0.5) is 0 Å². The monoisotopic (exact) mass is 422 g/mol. The minimum atomic E-state index is -0.290. The van der Waals surface area contributed by atoms with Gasteiger partial charge in [-0.1, -0.05) is 24.3 Å². The highest BCUT2D eigenvalue weighted by Gasteiger charge is 2.36. The summed E-state index contributed by atoms with van der Waals surface area (Å²) in [6, 6.07) is 19.6. The molecule has 2 N–H and O–H groups in total. The Hall–Kier alpha value is -4.13. The minimum absolute atomic E-state index is 0.0853. The molecule has 0 radical (unpaired) electrons. The number of nitrogens with zero attached hydrogens (tertiary/aromatic N) is 4. The number of aryl methyl sites for hydroxylation is 1. The maximum atomic E-state index is 13.7. The number of hydrogen-bond donors (Lipinski definition) is 2. The highest BCUT2D eigenvalue weighted by Crippen LogP contribution is 2.38. The van der Waals surface area contributed by atoms with E-state index in [1.165, 1.54) is 10.9 Å². The molecule has 0 fully saturated rings. The molecular formula is C25H22N6O. The number of aromatic nitrogens is 5. The van der Waals surface area contributed by atoms with E-state index in [1.807, 2.05) is 65.2 Å². The van der Waals surface area contributed by atoms with Crippen LogP contribution in [0.1, 0.15) is 33.5 Å². The second-order valence-corrected chi connectivity index (χ2v) is 8.14. The van der Waals surface area contributed by atoms with E-state index in [-0.39, 0.29) is 11.9 Å². The van der Waals surface area contributed by atoms with Crippen molar-refractivity contribution in [3.63, 3.8) is 0 Å². The Morgan fingerprint density at radius 1 is 1.09 bits per heavy atom. The summed E-state index contributed by atoms with van der Waals surface area (Å²) >= 11 is 0. The van der Waals surface area contributed by atoms with Gasteiger partial charge in [-0.05, 0) is 48.4 Å². The average Bonchev–Trinajstić information content (AvgIpc) is 3.56. The summed E-state index contributed by atoms with van der Waals surface area (Å²) in [6.07, 6.45) is 4.52. The fourth-order valence-electron chi connectivity index (χ4n) is 4.75. The molecule has 1 aliphatic rings. The van der Waals surface area contributed by atoms with Crippen LogP contribution in [0.3, 0.4) is 0 Å². The van der Waals surface area contributed by atoms with Crippen molar-refractivity contribution in [1.29, 1.82) is 0 Å². The predicted molar refractivity (Wildman–Crippen MR) is 122 cm³/mol. The highest BCUT2D eigenvalue weighted by atomic mass is 16.2. The van der Waals surface area contributed by atoms with Crippen LogP contribution in [0.5, 0.6) is 0 Å². The number of pyridine rings is 1. The predicted octanol–water partition coefficient (Wildman–Crippen LogP) is 4.08. The molecule has 1 amide bonds. The fourth-order valence-corrected chi connectivity index (χ4v) is 4.75. The molecule has 0 aliphatic carbocycles. The molecule has 0 bridgehead atoms. The van der Waals surface area contributed by atoms with E-state index in [4.69, 9.17) is 0 Å². The van der Waals surface area contributed by atoms with Gasteiger partial charge in [-0.25, -0.2) is 0 Å². The van der Waals surface area contributed by atoms with Crippen LogP contribution in [0.2, 0.25) is 0 Å². The molecule has 1 aliphatic heterocycles. The van der Waals surface area contributed by atoms with Gasteiger partial charge in [0.1, 0.15) is 17.4 Å². The first kappa shape index (κ1) is 18.6. The average molecular weight is 422 g/mol. The summed E-state index contributed by atoms with van der Waals surface area (Å²) in [5.41, 5.74) is 6.40. The lowest BCUT2D eigenvalue weighted by Gasteiger charge is -2.35. The lowest BCUT2D eigenvalue weighted by Crippen LogP contribution is -2.41. The minimum Gasteiger partial charge on any atom is -0.356 e. The number of benzene rings is 1. The van der Waals surface area contributed by atoms with Crippen molar-refractivity contribution in [1.82, 2.24) is 29.6 Å². The van der Waals surface area contributed by atoms with Crippen LogP contribution in [0, 0.1) is 0 Å². The van der Waals surface area contributed by atoms with Crippen LogP contribution in [0.25, 0.3) is 22.3 Å². The standard InChI is InChI=1S/C25H22N6O/c1-30-13-6-10-22(30)20-15-21(29-28-20)25(32)31-14-11-17-16-7-2-3-8-18(16)27-23(17)24(31)19-9-4-5-12-26-19/h2-10,12-13,15,24,27H,11,14H2,1H3,(H,28,29). The first-order chi connectivity index (χ1) is 15.7. The molecule has 1 unspecified atom stereocenters. The van der Waals surface area contributed by atoms with Crippen molar-refractivity contribution in [2.45, 2.75) is 12.5 Å². The van der Waals surface area contributed by atoms with Gasteiger partial charge in [-0.2, -0.15) is 5.10 Å². The number of H-pyrrole nitrogens is 2. The lowest BCUT2D eigenvalue weighted by atomic mass is 9.94. The molecule has 32 heavy (non-hydrogen) atoms. The summed E-state index contributed by atoms with van der Waals surface area (Å²) in [6.45, 7) is 0.605. The molecule has 7 nitrogen and oxygen atoms in total. The van der Waals surface area contributed by atoms with Crippen LogP contribution in [-0.2, 0) is 13.5 Å². The second kappa shape index (κ2) is 7.23. The molecule has 0 saturated carbocycles. The fraction of sp³-hybridized carbons (Fsp3) is 0.160. The molecule has 0 saturated heterocycles. The van der Waals surface area contributed by atoms with Crippen LogP contribution < -0.4 is 0 Å². The first-order valence-corrected chi connectivity index (χ1v) is 10.7. The van der Waals surface area contributed by atoms with Crippen molar-refractivity contribution in [2.75, 3.05) is 6.54 Å². The third-order valence-electron chi connectivity index (χ3n) is 6.28. The molecule has 0 spiro atoms. The molecule has 6 rings (SSSR count). The maximum absolute atomic E-state index is 13.7. The van der Waals surface area contributed by atoms with E-state index in [1.54, 1.807) is 6.20 Å². The van der Waals surface area contributed by atoms with Gasteiger partial charge in [-0.15, -0.1) is 0 Å². The third kappa shape index (κ3) is 2.85. The van der Waals surface area contributed by atoms with Crippen molar-refractivity contribution < 1.29 is 4.79 Å². The van der Waals surface area contributed by atoms with E-state index in [0.717, 1.165) is 34.7 Å². The third-order valence-corrected chi connectivity index (χ3v) is 6.28. The molecular weight excluding hydrogens is 400 g/mol. The van der Waals surface area contributed by atoms with Crippen LogP contribution >= 0.6 is 0 Å². The normalized spacial score (nSPS) is 15.8. The van der Waals surface area contributed by atoms with Gasteiger partial charge in [0, 0.05) is 42.6 Å². The smallest absolute Gasteiger partial charge is 0.272 e. The SMILES string of the molecule is Cn1cccc1-c1cc(C(=O)N2CCc3c([nH]c4ccccc34)C2c2ccccn2)[nH]n1. The number of para-hydroxylation sites is 1. The second-order valence-electron chi connectivity index (χ2n) is 8.14. The Bertz CT molecular complexity index is 1430. The Labute approximate surface area is 184 Å². The van der Waals surface area contributed by atoms with Crippen molar-refractivity contribution in [3.05, 3.63) is 95.7 Å². The van der Waals surface area contributed by atoms with Gasteiger partial charge in [-0.3, -0.25) is 14.9 Å². The zero-order valence-corrected chi connectivity index (χ0v) is 17.6.